The Morgan fingerprint density at radius 1 is 1.21 bits per heavy atom. The van der Waals surface area contributed by atoms with Crippen LogP contribution in [0.4, 0.5) is 0 Å². The van der Waals surface area contributed by atoms with Gasteiger partial charge in [-0.05, 0) is 48.0 Å². The van der Waals surface area contributed by atoms with Gasteiger partial charge in [0.15, 0.2) is 0 Å². The second-order valence-electron chi connectivity index (χ2n) is 5.77. The molecule has 2 aromatic rings. The number of amides is 1. The first-order valence-corrected chi connectivity index (χ1v) is 9.57. The van der Waals surface area contributed by atoms with E-state index in [1.807, 2.05) is 6.07 Å². The van der Waals surface area contributed by atoms with Gasteiger partial charge < -0.3 is 9.47 Å². The number of thioether (sulfide) groups is 1. The van der Waals surface area contributed by atoms with Gasteiger partial charge in [0.05, 0.1) is 17.6 Å². The number of esters is 1. The molecular weight excluding hydrogens is 394 g/mol. The largest absolute Gasteiger partial charge is 0.497 e. The minimum absolute atomic E-state index is 0.157. The summed E-state index contributed by atoms with van der Waals surface area (Å²) in [5, 5.41) is 0. The summed E-state index contributed by atoms with van der Waals surface area (Å²) in [7, 11) is 1.56. The van der Waals surface area contributed by atoms with Gasteiger partial charge in [0, 0.05) is 6.54 Å². The highest BCUT2D eigenvalue weighted by Crippen LogP contribution is 2.32. The van der Waals surface area contributed by atoms with E-state index >= 15 is 0 Å². The third-order valence-electron chi connectivity index (χ3n) is 3.88. The second-order valence-corrected chi connectivity index (χ2v) is 7.45. The zero-order chi connectivity index (χ0) is 20.1. The van der Waals surface area contributed by atoms with Gasteiger partial charge in [0.1, 0.15) is 15.8 Å². The van der Waals surface area contributed by atoms with E-state index in [1.165, 1.54) is 16.7 Å². The maximum Gasteiger partial charge on any atom is 0.343 e. The Kier molecular flexibility index (Phi) is 6.28. The molecule has 1 aliphatic rings. The van der Waals surface area contributed by atoms with Crippen molar-refractivity contribution in [2.45, 2.75) is 0 Å². The first kappa shape index (κ1) is 19.9. The van der Waals surface area contributed by atoms with Crippen LogP contribution in [0.2, 0.25) is 0 Å². The van der Waals surface area contributed by atoms with E-state index in [0.717, 1.165) is 5.56 Å². The molecule has 28 heavy (non-hydrogen) atoms. The number of rotatable bonds is 6. The normalized spacial score (nSPS) is 15.0. The summed E-state index contributed by atoms with van der Waals surface area (Å²) in [6.45, 7) is 4.01. The van der Waals surface area contributed by atoms with Crippen LogP contribution in [-0.2, 0) is 4.79 Å². The molecule has 3 rings (SSSR count). The highest BCUT2D eigenvalue weighted by atomic mass is 32.2. The molecule has 0 N–H and O–H groups in total. The summed E-state index contributed by atoms with van der Waals surface area (Å²) in [4.78, 5) is 26.7. The lowest BCUT2D eigenvalue weighted by Gasteiger charge is -2.10. The molecule has 0 atom stereocenters. The first-order chi connectivity index (χ1) is 13.5. The smallest absolute Gasteiger partial charge is 0.343 e. The molecule has 1 amide bonds. The third kappa shape index (κ3) is 4.49. The fraction of sp³-hybridized carbons (Fsp3) is 0.0952. The summed E-state index contributed by atoms with van der Waals surface area (Å²) in [5.74, 6) is 0.413. The van der Waals surface area contributed by atoms with Gasteiger partial charge in [-0.15, -0.1) is 6.58 Å². The molecule has 0 radical (unpaired) electrons. The summed E-state index contributed by atoms with van der Waals surface area (Å²) in [6.07, 6.45) is 3.36. The van der Waals surface area contributed by atoms with Crippen LogP contribution in [0.25, 0.3) is 6.08 Å². The molecule has 142 valence electrons. The lowest BCUT2D eigenvalue weighted by Crippen LogP contribution is -2.27. The number of carbonyl (C=O) groups is 2. The molecule has 7 heteroatoms. The van der Waals surface area contributed by atoms with E-state index in [9.17, 15) is 9.59 Å². The zero-order valence-corrected chi connectivity index (χ0v) is 16.7. The molecule has 1 saturated heterocycles. The van der Waals surface area contributed by atoms with Crippen LogP contribution in [0.3, 0.4) is 0 Å². The first-order valence-electron chi connectivity index (χ1n) is 8.34. The summed E-state index contributed by atoms with van der Waals surface area (Å²) in [5.41, 5.74) is 1.15. The van der Waals surface area contributed by atoms with Crippen molar-refractivity contribution in [3.63, 3.8) is 0 Å². The predicted octanol–water partition coefficient (Wildman–Crippen LogP) is 4.30. The molecular formula is C21H17NO4S2. The summed E-state index contributed by atoms with van der Waals surface area (Å²) in [6, 6.07) is 13.6. The van der Waals surface area contributed by atoms with Gasteiger partial charge in [-0.1, -0.05) is 42.2 Å². The number of nitrogens with zero attached hydrogens (tertiary/aromatic N) is 1. The molecule has 1 fully saturated rings. The molecule has 0 unspecified atom stereocenters. The van der Waals surface area contributed by atoms with Crippen molar-refractivity contribution >= 4 is 46.3 Å². The summed E-state index contributed by atoms with van der Waals surface area (Å²) < 4.78 is 11.0. The van der Waals surface area contributed by atoms with Crippen LogP contribution in [0.1, 0.15) is 15.9 Å². The maximum atomic E-state index is 12.4. The van der Waals surface area contributed by atoms with Crippen LogP contribution in [0.5, 0.6) is 11.5 Å². The molecule has 0 aliphatic carbocycles. The number of benzene rings is 2. The molecule has 0 saturated carbocycles. The van der Waals surface area contributed by atoms with Crippen molar-refractivity contribution < 1.29 is 19.1 Å². The number of thiocarbonyl (C=S) groups is 1. The van der Waals surface area contributed by atoms with E-state index in [2.05, 4.69) is 6.58 Å². The van der Waals surface area contributed by atoms with Crippen molar-refractivity contribution in [1.82, 2.24) is 4.90 Å². The third-order valence-corrected chi connectivity index (χ3v) is 5.26. The van der Waals surface area contributed by atoms with Gasteiger partial charge >= 0.3 is 5.97 Å². The lowest BCUT2D eigenvalue weighted by atomic mass is 10.2. The standard InChI is InChI=1S/C21H17NO4S2/c1-3-11-22-19(23)18(28-21(22)27)13-14-5-4-6-17(12-14)26-20(24)15-7-9-16(25-2)10-8-15/h3-10,12-13H,1,11H2,2H3/b18-13-. The zero-order valence-electron chi connectivity index (χ0n) is 15.1. The average Bonchev–Trinajstić information content (AvgIpc) is 2.96. The van der Waals surface area contributed by atoms with Crippen molar-refractivity contribution in [2.75, 3.05) is 13.7 Å². The fourth-order valence-corrected chi connectivity index (χ4v) is 3.77. The van der Waals surface area contributed by atoms with Crippen molar-refractivity contribution in [3.05, 3.63) is 77.2 Å². The Bertz CT molecular complexity index is 967. The average molecular weight is 412 g/mol. The molecule has 0 bridgehead atoms. The van der Waals surface area contributed by atoms with Gasteiger partial charge in [-0.25, -0.2) is 4.79 Å². The monoisotopic (exact) mass is 411 g/mol. The van der Waals surface area contributed by atoms with Crippen LogP contribution in [-0.4, -0.2) is 34.8 Å². The van der Waals surface area contributed by atoms with E-state index in [-0.39, 0.29) is 5.91 Å². The molecule has 5 nitrogen and oxygen atoms in total. The molecule has 1 heterocycles. The molecule has 1 aliphatic heterocycles. The molecule has 2 aromatic carbocycles. The summed E-state index contributed by atoms with van der Waals surface area (Å²) >= 11 is 6.47. The van der Waals surface area contributed by atoms with Crippen LogP contribution < -0.4 is 9.47 Å². The Morgan fingerprint density at radius 3 is 2.64 bits per heavy atom. The second kappa shape index (κ2) is 8.86. The van der Waals surface area contributed by atoms with Crippen molar-refractivity contribution in [3.8, 4) is 11.5 Å². The van der Waals surface area contributed by atoms with Crippen LogP contribution in [0, 0.1) is 0 Å². The molecule has 0 aromatic heterocycles. The van der Waals surface area contributed by atoms with Gasteiger partial charge in [-0.3, -0.25) is 9.69 Å². The van der Waals surface area contributed by atoms with Crippen LogP contribution >= 0.6 is 24.0 Å². The van der Waals surface area contributed by atoms with E-state index in [4.69, 9.17) is 21.7 Å². The van der Waals surface area contributed by atoms with E-state index in [1.54, 1.807) is 61.7 Å². The number of methoxy groups -OCH3 is 1. The number of carbonyl (C=O) groups excluding carboxylic acids is 2. The van der Waals surface area contributed by atoms with E-state index < -0.39 is 5.97 Å². The number of hydrogen-bond acceptors (Lipinski definition) is 6. The maximum absolute atomic E-state index is 12.4. The van der Waals surface area contributed by atoms with Gasteiger partial charge in [0.25, 0.3) is 5.91 Å². The van der Waals surface area contributed by atoms with Gasteiger partial charge in [-0.2, -0.15) is 0 Å². The lowest BCUT2D eigenvalue weighted by molar-refractivity contribution is -0.121. The van der Waals surface area contributed by atoms with E-state index in [0.29, 0.717) is 32.8 Å². The Hall–Kier alpha value is -2.90. The number of hydrogen-bond donors (Lipinski definition) is 0. The topological polar surface area (TPSA) is 55.8 Å². The van der Waals surface area contributed by atoms with Gasteiger partial charge in [0.2, 0.25) is 0 Å². The minimum atomic E-state index is -0.475. The highest BCUT2D eigenvalue weighted by molar-refractivity contribution is 8.26. The molecule has 0 spiro atoms. The highest BCUT2D eigenvalue weighted by Gasteiger charge is 2.30. The quantitative estimate of drug-likeness (QED) is 0.232. The SMILES string of the molecule is C=CCN1C(=O)/C(=C/c2cccc(OC(=O)c3ccc(OC)cc3)c2)SC1=S. The Morgan fingerprint density at radius 2 is 1.96 bits per heavy atom. The van der Waals surface area contributed by atoms with Crippen molar-refractivity contribution in [1.29, 1.82) is 0 Å². The Labute approximate surface area is 172 Å². The Balaban J connectivity index is 1.75. The van der Waals surface area contributed by atoms with Crippen LogP contribution in [0.15, 0.2) is 66.1 Å². The van der Waals surface area contributed by atoms with Crippen molar-refractivity contribution in [2.24, 2.45) is 0 Å². The predicted molar refractivity (Wildman–Crippen MR) is 114 cm³/mol. The fourth-order valence-electron chi connectivity index (χ4n) is 2.50. The number of ether oxygens (including phenoxy) is 2. The minimum Gasteiger partial charge on any atom is -0.497 e.